The Balaban J connectivity index is 1.83. The lowest BCUT2D eigenvalue weighted by Crippen LogP contribution is -2.74. The van der Waals surface area contributed by atoms with Crippen LogP contribution in [0.3, 0.4) is 0 Å². The summed E-state index contributed by atoms with van der Waals surface area (Å²) < 4.78 is 0. The average Bonchev–Trinajstić information content (AvgIpc) is 2.58. The van der Waals surface area contributed by atoms with Crippen molar-refractivity contribution in [3.63, 3.8) is 0 Å². The van der Waals surface area contributed by atoms with Gasteiger partial charge < -0.3 is 15.1 Å². The second-order valence-electron chi connectivity index (χ2n) is 7.38. The van der Waals surface area contributed by atoms with E-state index in [1.807, 2.05) is 19.2 Å². The number of fused-ring (bicyclic) bond motifs is 4. The van der Waals surface area contributed by atoms with E-state index >= 15 is 0 Å². The Labute approximate surface area is 156 Å². The largest absolute Gasteiger partial charge is 0.364 e. The van der Waals surface area contributed by atoms with Gasteiger partial charge in [-0.25, -0.2) is 4.79 Å². The van der Waals surface area contributed by atoms with Crippen LogP contribution in [0.25, 0.3) is 0 Å². The van der Waals surface area contributed by atoms with Gasteiger partial charge in [-0.2, -0.15) is 0 Å². The van der Waals surface area contributed by atoms with Gasteiger partial charge in [0.15, 0.2) is 5.41 Å². The second-order valence-corrected chi connectivity index (χ2v) is 7.38. The number of nitrogens with one attached hydrogen (secondary N) is 3. The molecular formula is C18H21N5O4. The Morgan fingerprint density at radius 3 is 2.56 bits per heavy atom. The van der Waals surface area contributed by atoms with Crippen LogP contribution in [0.2, 0.25) is 0 Å². The van der Waals surface area contributed by atoms with E-state index < -0.39 is 23.3 Å². The number of imide groups is 2. The number of piperazine rings is 1. The van der Waals surface area contributed by atoms with Gasteiger partial charge in [-0.3, -0.25) is 25.0 Å². The second kappa shape index (κ2) is 6.05. The molecule has 27 heavy (non-hydrogen) atoms. The summed E-state index contributed by atoms with van der Waals surface area (Å²) >= 11 is 0. The Kier molecular flexibility index (Phi) is 3.92. The normalized spacial score (nSPS) is 24.0. The molecule has 2 saturated heterocycles. The summed E-state index contributed by atoms with van der Waals surface area (Å²) in [6.07, 6.45) is 0.162. The van der Waals surface area contributed by atoms with E-state index in [-0.39, 0.29) is 18.4 Å². The highest BCUT2D eigenvalue weighted by molar-refractivity contribution is 6.20. The third-order valence-corrected chi connectivity index (χ3v) is 5.60. The summed E-state index contributed by atoms with van der Waals surface area (Å²) in [5.41, 5.74) is 0.952. The van der Waals surface area contributed by atoms with E-state index in [1.54, 1.807) is 6.07 Å². The van der Waals surface area contributed by atoms with Crippen LogP contribution in [-0.2, 0) is 20.8 Å². The standard InChI is InChI=1S/C18H21N5O4/c1-10(24)19-12-3-4-13-11(7-12)8-18(14-9-22(2)5-6-23(13)14)15(25)20-17(27)21-16(18)26/h3-4,7,14H,5-6,8-9H2,1-2H3,(H,19,24)(H2,20,21,25,26,27). The predicted octanol–water partition coefficient (Wildman–Crippen LogP) is -0.326. The molecule has 1 spiro atoms. The van der Waals surface area contributed by atoms with E-state index in [0.717, 1.165) is 17.8 Å². The lowest BCUT2D eigenvalue weighted by atomic mass is 9.68. The Morgan fingerprint density at radius 1 is 1.19 bits per heavy atom. The number of barbiturate groups is 1. The van der Waals surface area contributed by atoms with E-state index in [9.17, 15) is 19.2 Å². The quantitative estimate of drug-likeness (QED) is 0.583. The molecule has 0 aliphatic carbocycles. The first kappa shape index (κ1) is 17.5. The lowest BCUT2D eigenvalue weighted by Gasteiger charge is -2.53. The van der Waals surface area contributed by atoms with E-state index in [2.05, 4.69) is 25.8 Å². The SMILES string of the molecule is CC(=O)Nc1ccc2c(c1)CC1(C(=O)NC(=O)NC1=O)C1CN(C)CCN21. The maximum atomic E-state index is 12.9. The number of amides is 5. The highest BCUT2D eigenvalue weighted by Gasteiger charge is 2.60. The molecule has 3 aliphatic heterocycles. The van der Waals surface area contributed by atoms with Crippen LogP contribution >= 0.6 is 0 Å². The van der Waals surface area contributed by atoms with Gasteiger partial charge in [0, 0.05) is 37.9 Å². The molecule has 0 aromatic heterocycles. The van der Waals surface area contributed by atoms with Crippen LogP contribution in [-0.4, -0.2) is 61.4 Å². The smallest absolute Gasteiger partial charge is 0.328 e. The fourth-order valence-corrected chi connectivity index (χ4v) is 4.36. The van der Waals surface area contributed by atoms with Crippen molar-refractivity contribution < 1.29 is 19.2 Å². The van der Waals surface area contributed by atoms with Gasteiger partial charge in [0.2, 0.25) is 17.7 Å². The number of rotatable bonds is 1. The zero-order chi connectivity index (χ0) is 19.3. The molecule has 1 aromatic rings. The van der Waals surface area contributed by atoms with Crippen molar-refractivity contribution in [3.8, 4) is 0 Å². The minimum absolute atomic E-state index is 0.162. The minimum atomic E-state index is -1.40. The molecule has 1 unspecified atom stereocenters. The van der Waals surface area contributed by atoms with Crippen LogP contribution in [0, 0.1) is 5.41 Å². The molecule has 0 saturated carbocycles. The maximum absolute atomic E-state index is 12.9. The Bertz CT molecular complexity index is 847. The van der Waals surface area contributed by atoms with Gasteiger partial charge in [0.25, 0.3) is 0 Å². The van der Waals surface area contributed by atoms with E-state index in [0.29, 0.717) is 18.8 Å². The first-order chi connectivity index (χ1) is 12.8. The predicted molar refractivity (Wildman–Crippen MR) is 97.2 cm³/mol. The molecule has 5 amide bonds. The number of hydrogen-bond acceptors (Lipinski definition) is 6. The van der Waals surface area contributed by atoms with Crippen molar-refractivity contribution in [1.29, 1.82) is 0 Å². The highest BCUT2D eigenvalue weighted by atomic mass is 16.2. The van der Waals surface area contributed by atoms with Crippen LogP contribution in [0.4, 0.5) is 16.2 Å². The van der Waals surface area contributed by atoms with Crippen LogP contribution < -0.4 is 20.9 Å². The lowest BCUT2D eigenvalue weighted by molar-refractivity contribution is -0.147. The van der Waals surface area contributed by atoms with Crippen molar-refractivity contribution >= 4 is 35.1 Å². The Morgan fingerprint density at radius 2 is 1.89 bits per heavy atom. The first-order valence-electron chi connectivity index (χ1n) is 8.84. The molecule has 1 atom stereocenters. The molecule has 1 aromatic carbocycles. The Hall–Kier alpha value is -2.94. The molecule has 0 radical (unpaired) electrons. The van der Waals surface area contributed by atoms with Crippen molar-refractivity contribution in [2.45, 2.75) is 19.4 Å². The molecule has 3 heterocycles. The van der Waals surface area contributed by atoms with Crippen molar-refractivity contribution in [1.82, 2.24) is 15.5 Å². The molecule has 9 heteroatoms. The maximum Gasteiger partial charge on any atom is 0.328 e. The summed E-state index contributed by atoms with van der Waals surface area (Å²) in [5.74, 6) is -1.34. The van der Waals surface area contributed by atoms with Crippen LogP contribution in [0.1, 0.15) is 12.5 Å². The molecular weight excluding hydrogens is 350 g/mol. The summed E-state index contributed by atoms with van der Waals surface area (Å²) in [6.45, 7) is 3.40. The molecule has 2 fully saturated rings. The molecule has 3 aliphatic rings. The molecule has 142 valence electrons. The minimum Gasteiger partial charge on any atom is -0.364 e. The van der Waals surface area contributed by atoms with Gasteiger partial charge in [0.1, 0.15) is 0 Å². The van der Waals surface area contributed by atoms with Gasteiger partial charge in [-0.1, -0.05) is 0 Å². The highest BCUT2D eigenvalue weighted by Crippen LogP contribution is 2.44. The van der Waals surface area contributed by atoms with Gasteiger partial charge in [-0.15, -0.1) is 0 Å². The first-order valence-corrected chi connectivity index (χ1v) is 8.84. The van der Waals surface area contributed by atoms with Gasteiger partial charge in [0.05, 0.1) is 6.04 Å². The number of carbonyl (C=O) groups excluding carboxylic acids is 4. The monoisotopic (exact) mass is 371 g/mol. The van der Waals surface area contributed by atoms with Crippen molar-refractivity contribution in [2.75, 3.05) is 36.9 Å². The van der Waals surface area contributed by atoms with Crippen LogP contribution in [0.15, 0.2) is 18.2 Å². The summed E-state index contributed by atoms with van der Waals surface area (Å²) in [4.78, 5) is 53.0. The van der Waals surface area contributed by atoms with Crippen molar-refractivity contribution in [3.05, 3.63) is 23.8 Å². The molecule has 3 N–H and O–H groups in total. The number of urea groups is 1. The summed E-state index contributed by atoms with van der Waals surface area (Å²) in [7, 11) is 1.95. The number of likely N-dealkylation sites (N-methyl/N-ethyl adjacent to an activating group) is 1. The topological polar surface area (TPSA) is 111 Å². The number of carbonyl (C=O) groups is 4. The van der Waals surface area contributed by atoms with Gasteiger partial charge in [-0.05, 0) is 37.2 Å². The fourth-order valence-electron chi connectivity index (χ4n) is 4.36. The number of hydrogen-bond donors (Lipinski definition) is 3. The van der Waals surface area contributed by atoms with E-state index in [1.165, 1.54) is 6.92 Å². The summed E-state index contributed by atoms with van der Waals surface area (Å²) in [6, 6.07) is 4.35. The number of nitrogens with zero attached hydrogens (tertiary/aromatic N) is 2. The van der Waals surface area contributed by atoms with Gasteiger partial charge >= 0.3 is 6.03 Å². The summed E-state index contributed by atoms with van der Waals surface area (Å²) in [5, 5.41) is 7.28. The zero-order valence-electron chi connectivity index (χ0n) is 15.2. The third kappa shape index (κ3) is 2.66. The van der Waals surface area contributed by atoms with Crippen LogP contribution in [0.5, 0.6) is 0 Å². The molecule has 0 bridgehead atoms. The number of benzene rings is 1. The average molecular weight is 371 g/mol. The third-order valence-electron chi connectivity index (χ3n) is 5.60. The zero-order valence-corrected chi connectivity index (χ0v) is 15.2. The van der Waals surface area contributed by atoms with E-state index in [4.69, 9.17) is 0 Å². The molecule has 4 rings (SSSR count). The number of anilines is 2. The fraction of sp³-hybridized carbons (Fsp3) is 0.444. The molecule has 9 nitrogen and oxygen atoms in total. The van der Waals surface area contributed by atoms with Crippen molar-refractivity contribution in [2.24, 2.45) is 5.41 Å².